The fourth-order valence-corrected chi connectivity index (χ4v) is 1.51. The number of hydrogen-bond acceptors (Lipinski definition) is 5. The van der Waals surface area contributed by atoms with Gasteiger partial charge in [-0.05, 0) is 14.1 Å². The first-order valence-corrected chi connectivity index (χ1v) is 6.43. The number of anilines is 1. The van der Waals surface area contributed by atoms with E-state index >= 15 is 0 Å². The molecule has 0 radical (unpaired) electrons. The highest BCUT2D eigenvalue weighted by atomic mass is 16.1. The van der Waals surface area contributed by atoms with E-state index in [2.05, 4.69) is 20.6 Å². The molecular formula is C13H23N5O. The first kappa shape index (κ1) is 15.4. The SMILES string of the molecule is CNc1cnc(C(C)C)nc1C(=O)NCCN(C)C. The van der Waals surface area contributed by atoms with Crippen LogP contribution in [0.2, 0.25) is 0 Å². The van der Waals surface area contributed by atoms with Gasteiger partial charge in [0, 0.05) is 26.1 Å². The van der Waals surface area contributed by atoms with Crippen LogP contribution in [0, 0.1) is 0 Å². The average molecular weight is 265 g/mol. The zero-order valence-electron chi connectivity index (χ0n) is 12.3. The van der Waals surface area contributed by atoms with Crippen LogP contribution in [0.25, 0.3) is 0 Å². The Morgan fingerprint density at radius 1 is 1.42 bits per heavy atom. The Bertz CT molecular complexity index is 431. The molecule has 0 bridgehead atoms. The number of likely N-dealkylation sites (N-methyl/N-ethyl adjacent to an activating group) is 1. The third-order valence-electron chi connectivity index (χ3n) is 2.65. The lowest BCUT2D eigenvalue weighted by atomic mass is 10.2. The summed E-state index contributed by atoms with van der Waals surface area (Å²) in [6.07, 6.45) is 1.66. The molecule has 6 heteroatoms. The fourth-order valence-electron chi connectivity index (χ4n) is 1.51. The van der Waals surface area contributed by atoms with Crippen molar-refractivity contribution in [1.82, 2.24) is 20.2 Å². The number of amides is 1. The van der Waals surface area contributed by atoms with Gasteiger partial charge in [-0.25, -0.2) is 9.97 Å². The van der Waals surface area contributed by atoms with Crippen molar-refractivity contribution in [2.45, 2.75) is 19.8 Å². The second-order valence-electron chi connectivity index (χ2n) is 4.95. The summed E-state index contributed by atoms with van der Waals surface area (Å²) >= 11 is 0. The third-order valence-corrected chi connectivity index (χ3v) is 2.65. The Morgan fingerprint density at radius 3 is 2.63 bits per heavy atom. The smallest absolute Gasteiger partial charge is 0.272 e. The van der Waals surface area contributed by atoms with Crippen LogP contribution >= 0.6 is 0 Å². The van der Waals surface area contributed by atoms with Crippen LogP contribution in [0.5, 0.6) is 0 Å². The molecule has 2 N–H and O–H groups in total. The molecule has 1 amide bonds. The summed E-state index contributed by atoms with van der Waals surface area (Å²) in [5.74, 6) is 0.700. The quantitative estimate of drug-likeness (QED) is 0.801. The molecule has 19 heavy (non-hydrogen) atoms. The molecule has 0 aliphatic heterocycles. The Hall–Kier alpha value is -1.69. The molecule has 0 aromatic carbocycles. The zero-order valence-corrected chi connectivity index (χ0v) is 12.3. The van der Waals surface area contributed by atoms with Crippen molar-refractivity contribution >= 4 is 11.6 Å². The summed E-state index contributed by atoms with van der Waals surface area (Å²) in [7, 11) is 5.68. The second-order valence-corrected chi connectivity index (χ2v) is 4.95. The van der Waals surface area contributed by atoms with Crippen LogP contribution in [0.4, 0.5) is 5.69 Å². The molecule has 1 rings (SSSR count). The minimum Gasteiger partial charge on any atom is -0.385 e. The van der Waals surface area contributed by atoms with Crippen molar-refractivity contribution in [3.63, 3.8) is 0 Å². The van der Waals surface area contributed by atoms with Gasteiger partial charge in [0.1, 0.15) is 5.82 Å². The lowest BCUT2D eigenvalue weighted by Gasteiger charge is -2.13. The standard InChI is InChI=1S/C13H23N5O/c1-9(2)12-16-8-10(14-3)11(17-12)13(19)15-6-7-18(4)5/h8-9,14H,6-7H2,1-5H3,(H,15,19). The molecule has 0 saturated carbocycles. The molecular weight excluding hydrogens is 242 g/mol. The van der Waals surface area contributed by atoms with Gasteiger partial charge >= 0.3 is 0 Å². The van der Waals surface area contributed by atoms with E-state index in [-0.39, 0.29) is 11.8 Å². The first-order valence-electron chi connectivity index (χ1n) is 6.43. The van der Waals surface area contributed by atoms with E-state index < -0.39 is 0 Å². The maximum atomic E-state index is 12.1. The highest BCUT2D eigenvalue weighted by Crippen LogP contribution is 2.15. The van der Waals surface area contributed by atoms with E-state index in [0.717, 1.165) is 6.54 Å². The molecule has 1 heterocycles. The van der Waals surface area contributed by atoms with Crippen molar-refractivity contribution in [1.29, 1.82) is 0 Å². The van der Waals surface area contributed by atoms with Gasteiger partial charge in [0.05, 0.1) is 11.9 Å². The van der Waals surface area contributed by atoms with E-state index in [1.54, 1.807) is 13.2 Å². The van der Waals surface area contributed by atoms with Crippen molar-refractivity contribution in [3.05, 3.63) is 17.7 Å². The Kier molecular flexibility index (Phi) is 5.69. The Balaban J connectivity index is 2.84. The highest BCUT2D eigenvalue weighted by molar-refractivity contribution is 5.97. The molecule has 0 aliphatic rings. The molecule has 1 aromatic rings. The van der Waals surface area contributed by atoms with E-state index in [1.165, 1.54) is 0 Å². The van der Waals surface area contributed by atoms with Gasteiger partial charge in [0.15, 0.2) is 5.69 Å². The minimum absolute atomic E-state index is 0.171. The summed E-state index contributed by atoms with van der Waals surface area (Å²) in [6, 6.07) is 0. The number of carbonyl (C=O) groups is 1. The van der Waals surface area contributed by atoms with Crippen molar-refractivity contribution in [3.8, 4) is 0 Å². The lowest BCUT2D eigenvalue weighted by molar-refractivity contribution is 0.0946. The molecule has 0 fully saturated rings. The number of nitrogens with one attached hydrogen (secondary N) is 2. The van der Waals surface area contributed by atoms with Gasteiger partial charge in [0.2, 0.25) is 0 Å². The second kappa shape index (κ2) is 7.04. The van der Waals surface area contributed by atoms with E-state index in [4.69, 9.17) is 0 Å². The van der Waals surface area contributed by atoms with E-state index in [9.17, 15) is 4.79 Å². The van der Waals surface area contributed by atoms with Crippen molar-refractivity contribution in [2.24, 2.45) is 0 Å². The zero-order chi connectivity index (χ0) is 14.4. The summed E-state index contributed by atoms with van der Waals surface area (Å²) in [5, 5.41) is 5.81. The maximum absolute atomic E-state index is 12.1. The lowest BCUT2D eigenvalue weighted by Crippen LogP contribution is -2.32. The summed E-state index contributed by atoms with van der Waals surface area (Å²) in [5.41, 5.74) is 1.05. The molecule has 1 aromatic heterocycles. The normalized spacial score (nSPS) is 10.9. The fraction of sp³-hybridized carbons (Fsp3) is 0.615. The summed E-state index contributed by atoms with van der Waals surface area (Å²) in [6.45, 7) is 5.39. The van der Waals surface area contributed by atoms with E-state index in [0.29, 0.717) is 23.8 Å². The van der Waals surface area contributed by atoms with Crippen molar-refractivity contribution in [2.75, 3.05) is 39.5 Å². The van der Waals surface area contributed by atoms with Crippen molar-refractivity contribution < 1.29 is 4.79 Å². The third kappa shape index (κ3) is 4.48. The monoisotopic (exact) mass is 265 g/mol. The van der Waals surface area contributed by atoms with Gasteiger partial charge in [-0.3, -0.25) is 4.79 Å². The van der Waals surface area contributed by atoms with Crippen LogP contribution in [0.15, 0.2) is 6.20 Å². The summed E-state index contributed by atoms with van der Waals surface area (Å²) in [4.78, 5) is 22.7. The molecule has 6 nitrogen and oxygen atoms in total. The van der Waals surface area contributed by atoms with Gasteiger partial charge < -0.3 is 15.5 Å². The van der Waals surface area contributed by atoms with Crippen LogP contribution in [-0.4, -0.2) is 55.0 Å². The predicted molar refractivity (Wildman–Crippen MR) is 76.6 cm³/mol. The number of carbonyl (C=O) groups excluding carboxylic acids is 1. The number of nitrogens with zero attached hydrogens (tertiary/aromatic N) is 3. The number of rotatable bonds is 6. The van der Waals surface area contributed by atoms with Crippen LogP contribution in [0.3, 0.4) is 0 Å². The molecule has 106 valence electrons. The maximum Gasteiger partial charge on any atom is 0.272 e. The Labute approximate surface area is 114 Å². The van der Waals surface area contributed by atoms with Gasteiger partial charge in [-0.15, -0.1) is 0 Å². The van der Waals surface area contributed by atoms with Crippen LogP contribution in [0.1, 0.15) is 36.1 Å². The molecule has 0 unspecified atom stereocenters. The number of aromatic nitrogens is 2. The van der Waals surface area contributed by atoms with Crippen LogP contribution < -0.4 is 10.6 Å². The first-order chi connectivity index (χ1) is 8.95. The minimum atomic E-state index is -0.171. The van der Waals surface area contributed by atoms with Gasteiger partial charge in [-0.2, -0.15) is 0 Å². The Morgan fingerprint density at radius 2 is 2.11 bits per heavy atom. The highest BCUT2D eigenvalue weighted by Gasteiger charge is 2.15. The van der Waals surface area contributed by atoms with Gasteiger partial charge in [0.25, 0.3) is 5.91 Å². The molecule has 0 aliphatic carbocycles. The van der Waals surface area contributed by atoms with Gasteiger partial charge in [-0.1, -0.05) is 13.8 Å². The molecule has 0 saturated heterocycles. The predicted octanol–water partition coefficient (Wildman–Crippen LogP) is 0.933. The average Bonchev–Trinajstić information content (AvgIpc) is 2.37. The van der Waals surface area contributed by atoms with Crippen LogP contribution in [-0.2, 0) is 0 Å². The summed E-state index contributed by atoms with van der Waals surface area (Å²) < 4.78 is 0. The number of hydrogen-bond donors (Lipinski definition) is 2. The van der Waals surface area contributed by atoms with E-state index in [1.807, 2.05) is 32.8 Å². The topological polar surface area (TPSA) is 70.1 Å². The molecule has 0 spiro atoms. The molecule has 0 atom stereocenters. The largest absolute Gasteiger partial charge is 0.385 e.